The summed E-state index contributed by atoms with van der Waals surface area (Å²) < 4.78 is 0. The molecule has 0 amide bonds. The lowest BCUT2D eigenvalue weighted by molar-refractivity contribution is 0.146. The first-order chi connectivity index (χ1) is 8.67. The van der Waals surface area contributed by atoms with Crippen LogP contribution in [0, 0.1) is 5.92 Å². The highest BCUT2D eigenvalue weighted by atomic mass is 16.2. The molecule has 0 bridgehead atoms. The van der Waals surface area contributed by atoms with Crippen LogP contribution in [-0.2, 0) is 0 Å². The molecule has 2 N–H and O–H groups in total. The molecule has 1 rings (SSSR count). The van der Waals surface area contributed by atoms with E-state index in [4.69, 9.17) is 5.11 Å². The smallest absolute Gasteiger partial charge is 0.0431 e. The van der Waals surface area contributed by atoms with Crippen molar-refractivity contribution in [3.05, 3.63) is 0 Å². The van der Waals surface area contributed by atoms with E-state index in [1.54, 1.807) is 0 Å². The van der Waals surface area contributed by atoms with Crippen LogP contribution in [0.4, 0.5) is 0 Å². The van der Waals surface area contributed by atoms with Crippen molar-refractivity contribution in [2.45, 2.75) is 65.0 Å². The maximum absolute atomic E-state index is 8.86. The van der Waals surface area contributed by atoms with Gasteiger partial charge in [0.1, 0.15) is 0 Å². The van der Waals surface area contributed by atoms with Gasteiger partial charge in [0.2, 0.25) is 0 Å². The molecule has 1 fully saturated rings. The van der Waals surface area contributed by atoms with Crippen LogP contribution in [0.15, 0.2) is 0 Å². The Kier molecular flexibility index (Phi) is 7.87. The predicted molar refractivity (Wildman–Crippen MR) is 77.8 cm³/mol. The second-order valence-corrected chi connectivity index (χ2v) is 5.93. The van der Waals surface area contributed by atoms with Gasteiger partial charge in [0.25, 0.3) is 0 Å². The first-order valence-electron chi connectivity index (χ1n) is 7.76. The van der Waals surface area contributed by atoms with Crippen molar-refractivity contribution >= 4 is 0 Å². The number of nitrogens with zero attached hydrogens (tertiary/aromatic N) is 1. The number of hydrogen-bond acceptors (Lipinski definition) is 3. The summed E-state index contributed by atoms with van der Waals surface area (Å²) in [5.41, 5.74) is 0. The second-order valence-electron chi connectivity index (χ2n) is 5.93. The van der Waals surface area contributed by atoms with E-state index in [2.05, 4.69) is 31.0 Å². The highest BCUT2D eigenvalue weighted by molar-refractivity contribution is 4.81. The summed E-state index contributed by atoms with van der Waals surface area (Å²) in [6.07, 6.45) is 5.96. The Morgan fingerprint density at radius 3 is 2.83 bits per heavy atom. The van der Waals surface area contributed by atoms with Crippen LogP contribution >= 0.6 is 0 Å². The third-order valence-corrected chi connectivity index (χ3v) is 4.13. The van der Waals surface area contributed by atoms with Crippen molar-refractivity contribution in [2.75, 3.05) is 26.2 Å². The van der Waals surface area contributed by atoms with Gasteiger partial charge in [-0.2, -0.15) is 0 Å². The highest BCUT2D eigenvalue weighted by Gasteiger charge is 2.24. The molecule has 0 radical (unpaired) electrons. The summed E-state index contributed by atoms with van der Waals surface area (Å²) in [5.74, 6) is 0.793. The molecule has 3 atom stereocenters. The molecule has 3 nitrogen and oxygen atoms in total. The standard InChI is InChI=1S/C15H32N2O/c1-4-9-17-10-5-8-15(12-17)14(3)16-13(2)7-6-11-18/h13-16,18H,4-12H2,1-3H3. The Balaban J connectivity index is 2.29. The second kappa shape index (κ2) is 8.89. The van der Waals surface area contributed by atoms with Gasteiger partial charge < -0.3 is 15.3 Å². The van der Waals surface area contributed by atoms with Gasteiger partial charge in [-0.1, -0.05) is 6.92 Å². The van der Waals surface area contributed by atoms with E-state index in [9.17, 15) is 0 Å². The van der Waals surface area contributed by atoms with Gasteiger partial charge in [-0.15, -0.1) is 0 Å². The normalized spacial score (nSPS) is 25.0. The first kappa shape index (κ1) is 15.9. The van der Waals surface area contributed by atoms with Crippen LogP contribution in [0.3, 0.4) is 0 Å². The summed E-state index contributed by atoms with van der Waals surface area (Å²) in [6, 6.07) is 1.12. The largest absolute Gasteiger partial charge is 0.396 e. The van der Waals surface area contributed by atoms with Crippen molar-refractivity contribution in [3.63, 3.8) is 0 Å². The van der Waals surface area contributed by atoms with Crippen molar-refractivity contribution < 1.29 is 5.11 Å². The molecule has 3 heteroatoms. The van der Waals surface area contributed by atoms with Crippen LogP contribution < -0.4 is 5.32 Å². The fourth-order valence-electron chi connectivity index (χ4n) is 3.08. The number of likely N-dealkylation sites (tertiary alicyclic amines) is 1. The Bertz CT molecular complexity index is 209. The van der Waals surface area contributed by atoms with Crippen molar-refractivity contribution in [1.29, 1.82) is 0 Å². The summed E-state index contributed by atoms with van der Waals surface area (Å²) in [7, 11) is 0. The molecule has 0 aromatic heterocycles. The summed E-state index contributed by atoms with van der Waals surface area (Å²) in [4.78, 5) is 2.62. The lowest BCUT2D eigenvalue weighted by Gasteiger charge is -2.37. The molecular weight excluding hydrogens is 224 g/mol. The van der Waals surface area contributed by atoms with Crippen molar-refractivity contribution in [3.8, 4) is 0 Å². The van der Waals surface area contributed by atoms with E-state index in [0.29, 0.717) is 18.7 Å². The molecule has 0 aromatic rings. The number of piperidine rings is 1. The molecule has 0 saturated carbocycles. The lowest BCUT2D eigenvalue weighted by atomic mass is 9.91. The quantitative estimate of drug-likeness (QED) is 0.699. The fraction of sp³-hybridized carbons (Fsp3) is 1.00. The fourth-order valence-corrected chi connectivity index (χ4v) is 3.08. The monoisotopic (exact) mass is 256 g/mol. The van der Waals surface area contributed by atoms with E-state index in [-0.39, 0.29) is 0 Å². The van der Waals surface area contributed by atoms with Crippen LogP contribution in [0.5, 0.6) is 0 Å². The van der Waals surface area contributed by atoms with Gasteiger partial charge >= 0.3 is 0 Å². The first-order valence-corrected chi connectivity index (χ1v) is 7.76. The van der Waals surface area contributed by atoms with E-state index < -0.39 is 0 Å². The number of aliphatic hydroxyl groups is 1. The van der Waals surface area contributed by atoms with Crippen LogP contribution in [0.25, 0.3) is 0 Å². The van der Waals surface area contributed by atoms with Crippen LogP contribution in [0.2, 0.25) is 0 Å². The minimum absolute atomic E-state index is 0.314. The number of aliphatic hydroxyl groups excluding tert-OH is 1. The van der Waals surface area contributed by atoms with Crippen LogP contribution in [0.1, 0.15) is 52.9 Å². The zero-order valence-electron chi connectivity index (χ0n) is 12.5. The third-order valence-electron chi connectivity index (χ3n) is 4.13. The highest BCUT2D eigenvalue weighted by Crippen LogP contribution is 2.20. The number of nitrogens with one attached hydrogen (secondary N) is 1. The van der Waals surface area contributed by atoms with E-state index >= 15 is 0 Å². The molecule has 0 aliphatic carbocycles. The molecule has 18 heavy (non-hydrogen) atoms. The molecule has 108 valence electrons. The lowest BCUT2D eigenvalue weighted by Crippen LogP contribution is -2.47. The van der Waals surface area contributed by atoms with Gasteiger partial charge in [0.15, 0.2) is 0 Å². The molecular formula is C15H32N2O. The maximum atomic E-state index is 8.86. The Morgan fingerprint density at radius 1 is 1.39 bits per heavy atom. The van der Waals surface area contributed by atoms with Crippen molar-refractivity contribution in [1.82, 2.24) is 10.2 Å². The zero-order chi connectivity index (χ0) is 13.4. The average Bonchev–Trinajstić information content (AvgIpc) is 2.37. The summed E-state index contributed by atoms with van der Waals surface area (Å²) >= 11 is 0. The zero-order valence-corrected chi connectivity index (χ0v) is 12.5. The minimum Gasteiger partial charge on any atom is -0.396 e. The van der Waals surface area contributed by atoms with E-state index in [1.807, 2.05) is 0 Å². The topological polar surface area (TPSA) is 35.5 Å². The Morgan fingerprint density at radius 2 is 2.17 bits per heavy atom. The average molecular weight is 256 g/mol. The van der Waals surface area contributed by atoms with E-state index in [1.165, 1.54) is 38.9 Å². The third kappa shape index (κ3) is 5.68. The SMILES string of the molecule is CCCN1CCCC(C(C)NC(C)CCCO)C1. The number of hydrogen-bond donors (Lipinski definition) is 2. The van der Waals surface area contributed by atoms with Gasteiger partial charge in [-0.3, -0.25) is 0 Å². The van der Waals surface area contributed by atoms with Gasteiger partial charge in [0.05, 0.1) is 0 Å². The molecule has 1 heterocycles. The molecule has 1 aliphatic heterocycles. The van der Waals surface area contributed by atoms with Gasteiger partial charge in [0, 0.05) is 25.2 Å². The summed E-state index contributed by atoms with van der Waals surface area (Å²) in [6.45, 7) is 10.9. The maximum Gasteiger partial charge on any atom is 0.0431 e. The molecule has 1 aliphatic rings. The van der Waals surface area contributed by atoms with Gasteiger partial charge in [-0.05, 0) is 65.0 Å². The molecule has 0 spiro atoms. The van der Waals surface area contributed by atoms with Crippen molar-refractivity contribution in [2.24, 2.45) is 5.92 Å². The van der Waals surface area contributed by atoms with Crippen LogP contribution in [-0.4, -0.2) is 48.3 Å². The molecule has 0 aromatic carbocycles. The predicted octanol–water partition coefficient (Wildman–Crippen LogP) is 2.25. The Hall–Kier alpha value is -0.120. The number of rotatable bonds is 8. The van der Waals surface area contributed by atoms with E-state index in [0.717, 1.165) is 18.8 Å². The molecule has 1 saturated heterocycles. The minimum atomic E-state index is 0.314. The molecule has 3 unspecified atom stereocenters. The Labute approximate surface area is 113 Å². The summed E-state index contributed by atoms with van der Waals surface area (Å²) in [5, 5.41) is 12.6. The van der Waals surface area contributed by atoms with Gasteiger partial charge in [-0.25, -0.2) is 0 Å².